The van der Waals surface area contributed by atoms with Gasteiger partial charge in [0, 0.05) is 0 Å². The zero-order valence-electron chi connectivity index (χ0n) is 8.22. The summed E-state index contributed by atoms with van der Waals surface area (Å²) in [6.07, 6.45) is 2.31. The van der Waals surface area contributed by atoms with Crippen LogP contribution in [-0.2, 0) is 9.53 Å². The fourth-order valence-electron chi connectivity index (χ4n) is 1.03. The first-order chi connectivity index (χ1) is 5.74. The molecule has 0 rings (SSSR count). The predicted molar refractivity (Wildman–Crippen MR) is 49.0 cm³/mol. The van der Waals surface area contributed by atoms with E-state index in [1.54, 1.807) is 0 Å². The lowest BCUT2D eigenvalue weighted by molar-refractivity contribution is -0.139. The minimum atomic E-state index is -0.194. The van der Waals surface area contributed by atoms with E-state index in [0.29, 0.717) is 12.5 Å². The van der Waals surface area contributed by atoms with E-state index in [1.807, 2.05) is 0 Å². The van der Waals surface area contributed by atoms with Crippen molar-refractivity contribution in [2.75, 3.05) is 20.2 Å². The lowest BCUT2D eigenvalue weighted by atomic mass is 10.0. The fourth-order valence-corrected chi connectivity index (χ4v) is 1.03. The molecule has 0 aliphatic rings. The zero-order valence-corrected chi connectivity index (χ0v) is 8.22. The van der Waals surface area contributed by atoms with Gasteiger partial charge < -0.3 is 10.1 Å². The monoisotopic (exact) mass is 173 g/mol. The summed E-state index contributed by atoms with van der Waals surface area (Å²) in [5, 5.41) is 3.06. The average Bonchev–Trinajstić information content (AvgIpc) is 2.12. The highest BCUT2D eigenvalue weighted by atomic mass is 16.5. The smallest absolute Gasteiger partial charge is 0.319 e. The molecule has 0 radical (unpaired) electrons. The minimum Gasteiger partial charge on any atom is -0.468 e. The summed E-state index contributed by atoms with van der Waals surface area (Å²) in [7, 11) is 1.40. The Kier molecular flexibility index (Phi) is 6.76. The Morgan fingerprint density at radius 3 is 2.42 bits per heavy atom. The molecule has 0 saturated carbocycles. The van der Waals surface area contributed by atoms with Crippen LogP contribution in [-0.4, -0.2) is 26.2 Å². The largest absolute Gasteiger partial charge is 0.468 e. The number of methoxy groups -OCH3 is 1. The zero-order chi connectivity index (χ0) is 9.40. The normalized spacial score (nSPS) is 10.3. The number of hydrogen-bond acceptors (Lipinski definition) is 3. The molecule has 0 atom stereocenters. The average molecular weight is 173 g/mol. The van der Waals surface area contributed by atoms with Crippen molar-refractivity contribution in [3.63, 3.8) is 0 Å². The van der Waals surface area contributed by atoms with Crippen molar-refractivity contribution in [1.29, 1.82) is 0 Å². The van der Waals surface area contributed by atoms with Crippen LogP contribution < -0.4 is 5.32 Å². The summed E-state index contributed by atoms with van der Waals surface area (Å²) in [5.41, 5.74) is 0. The molecule has 0 spiro atoms. The predicted octanol–water partition coefficient (Wildman–Crippen LogP) is 1.19. The van der Waals surface area contributed by atoms with Gasteiger partial charge in [-0.1, -0.05) is 26.7 Å². The van der Waals surface area contributed by atoms with Crippen molar-refractivity contribution in [3.05, 3.63) is 0 Å². The van der Waals surface area contributed by atoms with E-state index in [2.05, 4.69) is 23.9 Å². The molecule has 3 heteroatoms. The van der Waals surface area contributed by atoms with Crippen LogP contribution >= 0.6 is 0 Å². The van der Waals surface area contributed by atoms with Gasteiger partial charge in [-0.3, -0.25) is 4.79 Å². The van der Waals surface area contributed by atoms with Crippen LogP contribution in [0.25, 0.3) is 0 Å². The molecule has 0 unspecified atom stereocenters. The van der Waals surface area contributed by atoms with Crippen LogP contribution in [0.15, 0.2) is 0 Å². The number of esters is 1. The third-order valence-electron chi connectivity index (χ3n) is 2.08. The van der Waals surface area contributed by atoms with Gasteiger partial charge in [0.25, 0.3) is 0 Å². The van der Waals surface area contributed by atoms with Crippen LogP contribution in [0.1, 0.15) is 26.7 Å². The van der Waals surface area contributed by atoms with Gasteiger partial charge in [-0.2, -0.15) is 0 Å². The van der Waals surface area contributed by atoms with Crippen LogP contribution in [0.3, 0.4) is 0 Å². The summed E-state index contributed by atoms with van der Waals surface area (Å²) in [6, 6.07) is 0. The molecule has 72 valence electrons. The summed E-state index contributed by atoms with van der Waals surface area (Å²) in [5.74, 6) is 0.482. The lowest BCUT2D eigenvalue weighted by Crippen LogP contribution is -2.28. The highest BCUT2D eigenvalue weighted by Crippen LogP contribution is 2.04. The number of carbonyl (C=O) groups is 1. The van der Waals surface area contributed by atoms with Gasteiger partial charge in [-0.05, 0) is 12.5 Å². The van der Waals surface area contributed by atoms with Crippen LogP contribution in [0.2, 0.25) is 0 Å². The first kappa shape index (κ1) is 11.4. The fraction of sp³-hybridized carbons (Fsp3) is 0.889. The molecule has 0 aromatic rings. The Bertz CT molecular complexity index is 122. The standard InChI is InChI=1S/C9H19NO2/c1-4-8(5-2)6-10-7-9(11)12-3/h8,10H,4-7H2,1-3H3. The van der Waals surface area contributed by atoms with Crippen molar-refractivity contribution in [3.8, 4) is 0 Å². The summed E-state index contributed by atoms with van der Waals surface area (Å²) >= 11 is 0. The molecule has 0 heterocycles. The van der Waals surface area contributed by atoms with Crippen LogP contribution in [0, 0.1) is 5.92 Å². The van der Waals surface area contributed by atoms with E-state index in [4.69, 9.17) is 0 Å². The van der Waals surface area contributed by atoms with Gasteiger partial charge in [0.2, 0.25) is 0 Å². The van der Waals surface area contributed by atoms with Gasteiger partial charge in [0.05, 0.1) is 13.7 Å². The van der Waals surface area contributed by atoms with Gasteiger partial charge in [-0.15, -0.1) is 0 Å². The SMILES string of the molecule is CCC(CC)CNCC(=O)OC. The van der Waals surface area contributed by atoms with Gasteiger partial charge >= 0.3 is 5.97 Å². The van der Waals surface area contributed by atoms with Gasteiger partial charge in [-0.25, -0.2) is 0 Å². The quantitative estimate of drug-likeness (QED) is 0.613. The molecule has 0 aliphatic heterocycles. The van der Waals surface area contributed by atoms with Crippen LogP contribution in [0.4, 0.5) is 0 Å². The molecule has 1 N–H and O–H groups in total. The van der Waals surface area contributed by atoms with E-state index in [9.17, 15) is 4.79 Å². The molecular weight excluding hydrogens is 154 g/mol. The van der Waals surface area contributed by atoms with E-state index < -0.39 is 0 Å². The highest BCUT2D eigenvalue weighted by molar-refractivity contribution is 5.71. The maximum Gasteiger partial charge on any atom is 0.319 e. The van der Waals surface area contributed by atoms with Crippen molar-refractivity contribution in [1.82, 2.24) is 5.32 Å². The van der Waals surface area contributed by atoms with E-state index in [0.717, 1.165) is 19.4 Å². The highest BCUT2D eigenvalue weighted by Gasteiger charge is 2.04. The van der Waals surface area contributed by atoms with Crippen molar-refractivity contribution >= 4 is 5.97 Å². The Balaban J connectivity index is 3.34. The molecule has 0 fully saturated rings. The summed E-state index contributed by atoms with van der Waals surface area (Å²) in [6.45, 7) is 5.55. The van der Waals surface area contributed by atoms with E-state index >= 15 is 0 Å². The number of hydrogen-bond donors (Lipinski definition) is 1. The van der Waals surface area contributed by atoms with Crippen molar-refractivity contribution in [2.45, 2.75) is 26.7 Å². The Labute approximate surface area is 74.5 Å². The molecule has 0 aromatic heterocycles. The second-order valence-corrected chi connectivity index (χ2v) is 2.89. The molecule has 3 nitrogen and oxygen atoms in total. The molecule has 12 heavy (non-hydrogen) atoms. The summed E-state index contributed by atoms with van der Waals surface area (Å²) in [4.78, 5) is 10.7. The van der Waals surface area contributed by atoms with Crippen molar-refractivity contribution in [2.24, 2.45) is 5.92 Å². The number of nitrogens with one attached hydrogen (secondary N) is 1. The summed E-state index contributed by atoms with van der Waals surface area (Å²) < 4.78 is 4.50. The maximum atomic E-state index is 10.7. The Morgan fingerprint density at radius 2 is 2.00 bits per heavy atom. The van der Waals surface area contributed by atoms with Gasteiger partial charge in [0.15, 0.2) is 0 Å². The molecule has 0 aromatic carbocycles. The number of ether oxygens (including phenoxy) is 1. The third-order valence-corrected chi connectivity index (χ3v) is 2.08. The molecular formula is C9H19NO2. The van der Waals surface area contributed by atoms with E-state index in [-0.39, 0.29) is 5.97 Å². The molecule has 0 aliphatic carbocycles. The van der Waals surface area contributed by atoms with Crippen LogP contribution in [0.5, 0.6) is 0 Å². The molecule has 0 saturated heterocycles. The number of carbonyl (C=O) groups excluding carboxylic acids is 1. The molecule has 0 amide bonds. The maximum absolute atomic E-state index is 10.7. The Hall–Kier alpha value is -0.570. The van der Waals surface area contributed by atoms with E-state index in [1.165, 1.54) is 7.11 Å². The number of rotatable bonds is 6. The second-order valence-electron chi connectivity index (χ2n) is 2.89. The Morgan fingerprint density at radius 1 is 1.42 bits per heavy atom. The second kappa shape index (κ2) is 7.10. The minimum absolute atomic E-state index is 0.194. The molecule has 0 bridgehead atoms. The third kappa shape index (κ3) is 5.13. The van der Waals surface area contributed by atoms with Crippen molar-refractivity contribution < 1.29 is 9.53 Å². The first-order valence-corrected chi connectivity index (χ1v) is 4.52. The van der Waals surface area contributed by atoms with Gasteiger partial charge in [0.1, 0.15) is 0 Å². The lowest BCUT2D eigenvalue weighted by Gasteiger charge is -2.11. The topological polar surface area (TPSA) is 38.3 Å². The first-order valence-electron chi connectivity index (χ1n) is 4.52.